The van der Waals surface area contributed by atoms with E-state index in [9.17, 15) is 4.79 Å². The maximum atomic E-state index is 11.7. The zero-order valence-corrected chi connectivity index (χ0v) is 18.0. The SMILES string of the molecule is CCCCCCCC/C=C\CCCCCCCC(=O)CC[NH+](C)C.[Cl-]. The minimum absolute atomic E-state index is 0. The molecule has 3 heteroatoms. The van der Waals surface area contributed by atoms with Crippen LogP contribution in [0.3, 0.4) is 0 Å². The van der Waals surface area contributed by atoms with Gasteiger partial charge in [0.1, 0.15) is 5.78 Å². The van der Waals surface area contributed by atoms with Crippen molar-refractivity contribution in [3.8, 4) is 0 Å². The molecule has 0 aliphatic rings. The summed E-state index contributed by atoms with van der Waals surface area (Å²) in [7, 11) is 4.21. The molecule has 0 unspecified atom stereocenters. The summed E-state index contributed by atoms with van der Waals surface area (Å²) in [5.74, 6) is 0.453. The molecule has 0 aromatic rings. The van der Waals surface area contributed by atoms with Crippen LogP contribution in [0.2, 0.25) is 0 Å². The molecule has 0 aliphatic carbocycles. The predicted molar refractivity (Wildman–Crippen MR) is 107 cm³/mol. The van der Waals surface area contributed by atoms with E-state index < -0.39 is 0 Å². The van der Waals surface area contributed by atoms with Gasteiger partial charge in [-0.25, -0.2) is 0 Å². The van der Waals surface area contributed by atoms with Crippen LogP contribution in [0, 0.1) is 0 Å². The molecule has 0 aromatic carbocycles. The molecular weight excluding hydrogens is 330 g/mol. The van der Waals surface area contributed by atoms with Gasteiger partial charge in [-0.15, -0.1) is 0 Å². The van der Waals surface area contributed by atoms with Crippen molar-refractivity contribution in [2.75, 3.05) is 20.6 Å². The van der Waals surface area contributed by atoms with Crippen molar-refractivity contribution in [3.05, 3.63) is 12.2 Å². The number of allylic oxidation sites excluding steroid dienone is 2. The first-order valence-electron chi connectivity index (χ1n) is 10.6. The lowest BCUT2D eigenvalue weighted by molar-refractivity contribution is -0.857. The van der Waals surface area contributed by atoms with Crippen molar-refractivity contribution in [2.45, 2.75) is 103 Å². The van der Waals surface area contributed by atoms with E-state index in [1.165, 1.54) is 81.9 Å². The van der Waals surface area contributed by atoms with Crippen LogP contribution >= 0.6 is 0 Å². The van der Waals surface area contributed by atoms with Crippen molar-refractivity contribution in [2.24, 2.45) is 0 Å². The smallest absolute Gasteiger partial charge is 0.138 e. The predicted octanol–water partition coefficient (Wildman–Crippen LogP) is 2.13. The molecule has 1 N–H and O–H groups in total. The van der Waals surface area contributed by atoms with Crippen LogP contribution in [0.15, 0.2) is 12.2 Å². The van der Waals surface area contributed by atoms with Crippen LogP contribution in [0.4, 0.5) is 0 Å². The molecular formula is C22H44ClNO. The molecule has 0 spiro atoms. The van der Waals surface area contributed by atoms with E-state index >= 15 is 0 Å². The third-order valence-corrected chi connectivity index (χ3v) is 4.62. The zero-order valence-electron chi connectivity index (χ0n) is 17.3. The van der Waals surface area contributed by atoms with Crippen molar-refractivity contribution >= 4 is 5.78 Å². The molecule has 0 radical (unpaired) electrons. The first kappa shape index (κ1) is 26.9. The Balaban J connectivity index is 0. The summed E-state index contributed by atoms with van der Waals surface area (Å²) in [6.07, 6.45) is 23.4. The molecule has 0 bridgehead atoms. The largest absolute Gasteiger partial charge is 1.00 e. The summed E-state index contributed by atoms with van der Waals surface area (Å²) in [6, 6.07) is 0. The molecule has 2 nitrogen and oxygen atoms in total. The fourth-order valence-electron chi connectivity index (χ4n) is 2.91. The summed E-state index contributed by atoms with van der Waals surface area (Å²) in [6.45, 7) is 3.25. The van der Waals surface area contributed by atoms with Gasteiger partial charge in [-0.2, -0.15) is 0 Å². The van der Waals surface area contributed by atoms with Gasteiger partial charge in [0.05, 0.1) is 27.1 Å². The van der Waals surface area contributed by atoms with Gasteiger partial charge in [0.2, 0.25) is 0 Å². The minimum atomic E-state index is 0. The number of ketones is 1. The van der Waals surface area contributed by atoms with E-state index in [0.717, 1.165) is 25.8 Å². The second kappa shape index (κ2) is 21.7. The second-order valence-corrected chi connectivity index (χ2v) is 7.58. The Bertz CT molecular complexity index is 302. The second-order valence-electron chi connectivity index (χ2n) is 7.58. The van der Waals surface area contributed by atoms with Crippen molar-refractivity contribution in [1.82, 2.24) is 0 Å². The molecule has 0 saturated heterocycles. The monoisotopic (exact) mass is 373 g/mol. The Morgan fingerprint density at radius 1 is 0.720 bits per heavy atom. The first-order chi connectivity index (χ1) is 11.7. The van der Waals surface area contributed by atoms with Gasteiger partial charge in [-0.3, -0.25) is 4.79 Å². The Kier molecular flexibility index (Phi) is 23.3. The number of rotatable bonds is 18. The van der Waals surface area contributed by atoms with E-state index in [4.69, 9.17) is 0 Å². The summed E-state index contributed by atoms with van der Waals surface area (Å²) >= 11 is 0. The summed E-state index contributed by atoms with van der Waals surface area (Å²) in [5, 5.41) is 0. The number of carbonyl (C=O) groups excluding carboxylic acids is 1. The topological polar surface area (TPSA) is 21.5 Å². The number of hydrogen-bond donors (Lipinski definition) is 1. The van der Waals surface area contributed by atoms with Gasteiger partial charge in [0, 0.05) is 6.42 Å². The third kappa shape index (κ3) is 23.7. The van der Waals surface area contributed by atoms with Crippen LogP contribution in [0.1, 0.15) is 103 Å². The average molecular weight is 374 g/mol. The Morgan fingerprint density at radius 2 is 1.20 bits per heavy atom. The van der Waals surface area contributed by atoms with Crippen LogP contribution in [-0.2, 0) is 4.79 Å². The Hall–Kier alpha value is -0.340. The van der Waals surface area contributed by atoms with E-state index in [2.05, 4.69) is 33.2 Å². The third-order valence-electron chi connectivity index (χ3n) is 4.62. The maximum absolute atomic E-state index is 11.7. The number of hydrogen-bond acceptors (Lipinski definition) is 1. The molecule has 0 heterocycles. The lowest BCUT2D eigenvalue weighted by Crippen LogP contribution is -3.05. The highest BCUT2D eigenvalue weighted by Crippen LogP contribution is 2.10. The van der Waals surface area contributed by atoms with Crippen molar-refractivity contribution in [3.63, 3.8) is 0 Å². The molecule has 0 saturated carbocycles. The highest BCUT2D eigenvalue weighted by Gasteiger charge is 2.03. The van der Waals surface area contributed by atoms with Crippen LogP contribution in [0.5, 0.6) is 0 Å². The van der Waals surface area contributed by atoms with Crippen LogP contribution in [-0.4, -0.2) is 26.4 Å². The minimum Gasteiger partial charge on any atom is -1.00 e. The Labute approximate surface area is 164 Å². The molecule has 0 aromatic heterocycles. The zero-order chi connectivity index (χ0) is 17.9. The highest BCUT2D eigenvalue weighted by molar-refractivity contribution is 5.78. The fourth-order valence-corrected chi connectivity index (χ4v) is 2.91. The van der Waals surface area contributed by atoms with Gasteiger partial charge in [-0.1, -0.05) is 70.4 Å². The van der Waals surface area contributed by atoms with Crippen molar-refractivity contribution < 1.29 is 22.1 Å². The fraction of sp³-hybridized carbons (Fsp3) is 0.864. The van der Waals surface area contributed by atoms with Crippen LogP contribution in [0.25, 0.3) is 0 Å². The summed E-state index contributed by atoms with van der Waals surface area (Å²) in [5.41, 5.74) is 0. The van der Waals surface area contributed by atoms with Gasteiger partial charge >= 0.3 is 0 Å². The number of unbranched alkanes of at least 4 members (excludes halogenated alkanes) is 11. The maximum Gasteiger partial charge on any atom is 0.138 e. The molecule has 0 amide bonds. The standard InChI is InChI=1S/C22H43NO.ClH/c1-4-5-6-7-8-9-10-11-12-13-14-15-16-17-18-19-22(24)20-21-23(2)3;/h11-12H,4-10,13-21H2,1-3H3;1H/b12-11-;. The summed E-state index contributed by atoms with van der Waals surface area (Å²) < 4.78 is 0. The van der Waals surface area contributed by atoms with Crippen molar-refractivity contribution in [1.29, 1.82) is 0 Å². The molecule has 0 aliphatic heterocycles. The lowest BCUT2D eigenvalue weighted by atomic mass is 10.1. The van der Waals surface area contributed by atoms with Gasteiger partial charge in [0.15, 0.2) is 0 Å². The van der Waals surface area contributed by atoms with Gasteiger partial charge in [0.25, 0.3) is 0 Å². The Morgan fingerprint density at radius 3 is 1.72 bits per heavy atom. The highest BCUT2D eigenvalue weighted by atomic mass is 35.5. The normalized spacial score (nSPS) is 11.2. The molecule has 25 heavy (non-hydrogen) atoms. The van der Waals surface area contributed by atoms with Crippen LogP contribution < -0.4 is 17.3 Å². The number of quaternary nitrogens is 1. The lowest BCUT2D eigenvalue weighted by Gasteiger charge is -2.06. The summed E-state index contributed by atoms with van der Waals surface area (Å²) in [4.78, 5) is 13.0. The van der Waals surface area contributed by atoms with Gasteiger partial charge < -0.3 is 17.3 Å². The average Bonchev–Trinajstić information content (AvgIpc) is 2.56. The van der Waals surface area contributed by atoms with E-state index in [0.29, 0.717) is 5.78 Å². The van der Waals surface area contributed by atoms with E-state index in [1.54, 1.807) is 0 Å². The molecule has 0 rings (SSSR count). The molecule has 0 atom stereocenters. The molecule has 0 fully saturated rings. The molecule has 150 valence electrons. The number of halogens is 1. The number of carbonyl (C=O) groups is 1. The van der Waals surface area contributed by atoms with E-state index in [-0.39, 0.29) is 12.4 Å². The first-order valence-corrected chi connectivity index (χ1v) is 10.6. The quantitative estimate of drug-likeness (QED) is 0.288. The van der Waals surface area contributed by atoms with E-state index in [1.807, 2.05) is 0 Å². The number of Topliss-reactive ketones (excluding diaryl/α,β-unsaturated/α-hetero) is 1. The van der Waals surface area contributed by atoms with Gasteiger partial charge in [-0.05, 0) is 32.1 Å². The number of nitrogens with one attached hydrogen (secondary N) is 1.